The van der Waals surface area contributed by atoms with Crippen LogP contribution >= 0.6 is 27.3 Å². The fourth-order valence-corrected chi connectivity index (χ4v) is 6.04. The number of thiazole rings is 1. The fourth-order valence-electron chi connectivity index (χ4n) is 4.62. The molecule has 1 atom stereocenters. The van der Waals surface area contributed by atoms with Gasteiger partial charge in [-0.25, -0.2) is 4.98 Å². The third-order valence-electron chi connectivity index (χ3n) is 6.09. The van der Waals surface area contributed by atoms with Gasteiger partial charge >= 0.3 is 0 Å². The maximum atomic E-state index is 13.6. The molecule has 5 nitrogen and oxygen atoms in total. The molecular formula is C25H22BrN3O2S. The number of hydrogen-bond acceptors (Lipinski definition) is 5. The summed E-state index contributed by atoms with van der Waals surface area (Å²) in [6.07, 6.45) is 2.17. The predicted octanol–water partition coefficient (Wildman–Crippen LogP) is 5.97. The highest BCUT2D eigenvalue weighted by Crippen LogP contribution is 2.43. The fraction of sp³-hybridized carbons (Fsp3) is 0.240. The third-order valence-corrected chi connectivity index (χ3v) is 7.52. The Morgan fingerprint density at radius 2 is 2.00 bits per heavy atom. The standard InChI is InChI=1S/C25H22BrN3O2S/c1-13-6-3-4-7-16(13)22-21(14(2)27-18-8-5-9-19(30)23(18)22)24(31)29-25-28-17-11-10-15(26)12-20(17)32-25/h3-4,6-7,10-12,22,27H,5,8-9H2,1-2H3,(H,28,29,31). The van der Waals surface area contributed by atoms with Gasteiger partial charge in [-0.1, -0.05) is 51.5 Å². The second kappa shape index (κ2) is 8.30. The van der Waals surface area contributed by atoms with E-state index in [4.69, 9.17) is 0 Å². The van der Waals surface area contributed by atoms with E-state index in [-0.39, 0.29) is 17.6 Å². The van der Waals surface area contributed by atoms with Crippen molar-refractivity contribution in [2.45, 2.75) is 39.0 Å². The van der Waals surface area contributed by atoms with Crippen molar-refractivity contribution in [3.05, 3.63) is 80.6 Å². The van der Waals surface area contributed by atoms with Crippen LogP contribution in [0, 0.1) is 6.92 Å². The molecule has 0 spiro atoms. The molecule has 5 rings (SSSR count). The van der Waals surface area contributed by atoms with E-state index in [1.54, 1.807) is 0 Å². The lowest BCUT2D eigenvalue weighted by Gasteiger charge is -2.35. The summed E-state index contributed by atoms with van der Waals surface area (Å²) in [7, 11) is 0. The van der Waals surface area contributed by atoms with Crippen LogP contribution in [0.25, 0.3) is 10.2 Å². The van der Waals surface area contributed by atoms with Gasteiger partial charge in [0.05, 0.1) is 10.2 Å². The first-order valence-electron chi connectivity index (χ1n) is 10.6. The van der Waals surface area contributed by atoms with Gasteiger partial charge in [-0.05, 0) is 56.0 Å². The molecule has 0 bridgehead atoms. The number of aromatic nitrogens is 1. The zero-order chi connectivity index (χ0) is 22.4. The molecule has 162 valence electrons. The minimum absolute atomic E-state index is 0.120. The smallest absolute Gasteiger partial charge is 0.256 e. The molecule has 0 fully saturated rings. The van der Waals surface area contributed by atoms with Crippen LogP contribution in [0.2, 0.25) is 0 Å². The number of allylic oxidation sites excluding steroid dienone is 3. The lowest BCUT2D eigenvalue weighted by atomic mass is 9.74. The molecule has 2 aromatic carbocycles. The van der Waals surface area contributed by atoms with Crippen molar-refractivity contribution in [3.8, 4) is 0 Å². The molecule has 1 amide bonds. The van der Waals surface area contributed by atoms with Crippen molar-refractivity contribution >= 4 is 54.3 Å². The first-order valence-corrected chi connectivity index (χ1v) is 12.2. The summed E-state index contributed by atoms with van der Waals surface area (Å²) in [6, 6.07) is 13.8. The second-order valence-corrected chi connectivity index (χ2v) is 10.2. The highest BCUT2D eigenvalue weighted by molar-refractivity contribution is 9.10. The maximum Gasteiger partial charge on any atom is 0.256 e. The van der Waals surface area contributed by atoms with Crippen LogP contribution in [0.4, 0.5) is 5.13 Å². The molecule has 32 heavy (non-hydrogen) atoms. The van der Waals surface area contributed by atoms with Gasteiger partial charge in [-0.3, -0.25) is 14.9 Å². The van der Waals surface area contributed by atoms with Gasteiger partial charge in [0.25, 0.3) is 5.91 Å². The van der Waals surface area contributed by atoms with Crippen molar-refractivity contribution in [1.29, 1.82) is 0 Å². The summed E-state index contributed by atoms with van der Waals surface area (Å²) in [4.78, 5) is 31.2. The highest BCUT2D eigenvalue weighted by atomic mass is 79.9. The Labute approximate surface area is 198 Å². The van der Waals surface area contributed by atoms with Gasteiger partial charge < -0.3 is 5.32 Å². The molecule has 1 aromatic heterocycles. The number of Topliss-reactive ketones (excluding diaryl/α,β-unsaturated/α-hetero) is 1. The maximum absolute atomic E-state index is 13.6. The number of carbonyl (C=O) groups is 2. The Kier molecular flexibility index (Phi) is 5.47. The molecule has 1 unspecified atom stereocenters. The average molecular weight is 508 g/mol. The van der Waals surface area contributed by atoms with Gasteiger partial charge in [0.15, 0.2) is 10.9 Å². The number of hydrogen-bond donors (Lipinski definition) is 2. The largest absolute Gasteiger partial charge is 0.362 e. The Balaban J connectivity index is 1.57. The number of rotatable bonds is 3. The summed E-state index contributed by atoms with van der Waals surface area (Å²) in [5.74, 6) is -0.496. The number of ketones is 1. The zero-order valence-corrected chi connectivity index (χ0v) is 20.2. The van der Waals surface area contributed by atoms with Crippen LogP contribution in [0.3, 0.4) is 0 Å². The number of amides is 1. The molecule has 0 radical (unpaired) electrons. The normalized spacial score (nSPS) is 18.6. The van der Waals surface area contributed by atoms with E-state index in [1.807, 2.05) is 56.3 Å². The van der Waals surface area contributed by atoms with Crippen LogP contribution in [0.5, 0.6) is 0 Å². The molecule has 7 heteroatoms. The average Bonchev–Trinajstić information content (AvgIpc) is 3.14. The van der Waals surface area contributed by atoms with E-state index in [1.165, 1.54) is 11.3 Å². The van der Waals surface area contributed by atoms with Crippen molar-refractivity contribution in [1.82, 2.24) is 10.3 Å². The van der Waals surface area contributed by atoms with Crippen LogP contribution in [0.1, 0.15) is 43.2 Å². The highest BCUT2D eigenvalue weighted by Gasteiger charge is 2.39. The quantitative estimate of drug-likeness (QED) is 0.457. The summed E-state index contributed by atoms with van der Waals surface area (Å²) in [5.41, 5.74) is 5.94. The van der Waals surface area contributed by atoms with Crippen molar-refractivity contribution in [2.75, 3.05) is 5.32 Å². The molecule has 0 saturated carbocycles. The van der Waals surface area contributed by atoms with Gasteiger partial charge in [0, 0.05) is 39.4 Å². The van der Waals surface area contributed by atoms with Crippen LogP contribution < -0.4 is 10.6 Å². The third kappa shape index (κ3) is 3.69. The molecule has 2 heterocycles. The van der Waals surface area contributed by atoms with Crippen molar-refractivity contribution < 1.29 is 9.59 Å². The van der Waals surface area contributed by atoms with Crippen LogP contribution in [0.15, 0.2) is 69.5 Å². The number of nitrogens with one attached hydrogen (secondary N) is 2. The Hall–Kier alpha value is -2.77. The summed E-state index contributed by atoms with van der Waals surface area (Å²) in [6.45, 7) is 3.94. The van der Waals surface area contributed by atoms with Crippen molar-refractivity contribution in [2.24, 2.45) is 0 Å². The van der Waals surface area contributed by atoms with Crippen LogP contribution in [-0.4, -0.2) is 16.7 Å². The number of dihydropyridines is 1. The Morgan fingerprint density at radius 1 is 1.19 bits per heavy atom. The molecule has 0 saturated heterocycles. The number of anilines is 1. The van der Waals surface area contributed by atoms with Crippen LogP contribution in [-0.2, 0) is 9.59 Å². The summed E-state index contributed by atoms with van der Waals surface area (Å²) in [5, 5.41) is 6.92. The van der Waals surface area contributed by atoms with Gasteiger partial charge in [0.1, 0.15) is 0 Å². The van der Waals surface area contributed by atoms with E-state index >= 15 is 0 Å². The number of carbonyl (C=O) groups excluding carboxylic acids is 2. The Bertz CT molecular complexity index is 1340. The van der Waals surface area contributed by atoms with Gasteiger partial charge in [-0.15, -0.1) is 0 Å². The van der Waals surface area contributed by atoms with E-state index in [9.17, 15) is 9.59 Å². The Morgan fingerprint density at radius 3 is 2.81 bits per heavy atom. The monoisotopic (exact) mass is 507 g/mol. The lowest BCUT2D eigenvalue weighted by Crippen LogP contribution is -2.35. The second-order valence-electron chi connectivity index (χ2n) is 8.21. The zero-order valence-electron chi connectivity index (χ0n) is 17.8. The number of fused-ring (bicyclic) bond motifs is 1. The number of halogens is 1. The van der Waals surface area contributed by atoms with E-state index < -0.39 is 0 Å². The minimum Gasteiger partial charge on any atom is -0.362 e. The molecule has 2 aliphatic rings. The van der Waals surface area contributed by atoms with E-state index in [2.05, 4.69) is 31.5 Å². The molecule has 1 aliphatic carbocycles. The summed E-state index contributed by atoms with van der Waals surface area (Å²) < 4.78 is 1.96. The molecule has 1 aliphatic heterocycles. The predicted molar refractivity (Wildman–Crippen MR) is 132 cm³/mol. The number of benzene rings is 2. The first kappa shape index (κ1) is 21.1. The van der Waals surface area contributed by atoms with E-state index in [0.29, 0.717) is 17.1 Å². The summed E-state index contributed by atoms with van der Waals surface area (Å²) >= 11 is 4.91. The van der Waals surface area contributed by atoms with Gasteiger partial charge in [0.2, 0.25) is 0 Å². The minimum atomic E-state index is -0.385. The van der Waals surface area contributed by atoms with Crippen molar-refractivity contribution in [3.63, 3.8) is 0 Å². The first-order chi connectivity index (χ1) is 15.4. The molecular weight excluding hydrogens is 486 g/mol. The lowest BCUT2D eigenvalue weighted by molar-refractivity contribution is -0.116. The van der Waals surface area contributed by atoms with E-state index in [0.717, 1.165) is 55.6 Å². The molecule has 2 N–H and O–H groups in total. The number of aryl methyl sites for hydroxylation is 1. The molecule has 3 aromatic rings. The number of nitrogens with zero attached hydrogens (tertiary/aromatic N) is 1. The SMILES string of the molecule is CC1=C(C(=O)Nc2nc3ccc(Br)cc3s2)C(c2ccccc2C)C2=C(CCCC2=O)N1. The van der Waals surface area contributed by atoms with Gasteiger partial charge in [-0.2, -0.15) is 0 Å². The topological polar surface area (TPSA) is 71.1 Å².